The molecule has 3 aromatic rings. The van der Waals surface area contributed by atoms with E-state index in [9.17, 15) is 9.59 Å². The Kier molecular flexibility index (Phi) is 5.78. The molecule has 0 radical (unpaired) electrons. The van der Waals surface area contributed by atoms with Crippen LogP contribution in [-0.4, -0.2) is 30.1 Å². The van der Waals surface area contributed by atoms with Crippen LogP contribution >= 0.6 is 11.3 Å². The van der Waals surface area contributed by atoms with E-state index in [-0.39, 0.29) is 11.9 Å². The zero-order valence-electron chi connectivity index (χ0n) is 18.0. The predicted molar refractivity (Wildman–Crippen MR) is 121 cm³/mol. The third-order valence-electron chi connectivity index (χ3n) is 5.32. The third kappa shape index (κ3) is 4.05. The normalized spacial score (nSPS) is 15.4. The number of hydrogen-bond acceptors (Lipinski definition) is 6. The monoisotopic (exact) mass is 436 g/mol. The van der Waals surface area contributed by atoms with Gasteiger partial charge in [-0.25, -0.2) is 9.78 Å². The van der Waals surface area contributed by atoms with Crippen LogP contribution in [0.25, 0.3) is 11.3 Å². The molecule has 2 heterocycles. The van der Waals surface area contributed by atoms with Crippen molar-refractivity contribution in [3.63, 3.8) is 0 Å². The molecular weight excluding hydrogens is 412 g/mol. The molecule has 1 aliphatic rings. The Morgan fingerprint density at radius 2 is 1.94 bits per heavy atom. The number of esters is 1. The Morgan fingerprint density at radius 3 is 2.55 bits per heavy atom. The van der Waals surface area contributed by atoms with Gasteiger partial charge in [-0.1, -0.05) is 19.1 Å². The maximum Gasteiger partial charge on any atom is 0.337 e. The van der Waals surface area contributed by atoms with Crippen molar-refractivity contribution in [1.82, 2.24) is 4.98 Å². The number of methoxy groups -OCH3 is 1. The lowest BCUT2D eigenvalue weighted by Crippen LogP contribution is -2.45. The molecule has 160 valence electrons. The zero-order chi connectivity index (χ0) is 22.1. The van der Waals surface area contributed by atoms with E-state index in [4.69, 9.17) is 9.47 Å². The predicted octanol–water partition coefficient (Wildman–Crippen LogP) is 4.92. The molecule has 0 spiro atoms. The lowest BCUT2D eigenvalue weighted by Gasteiger charge is -2.34. The molecule has 0 bridgehead atoms. The van der Waals surface area contributed by atoms with Gasteiger partial charge in [0.15, 0.2) is 6.10 Å². The first-order valence-electron chi connectivity index (χ1n) is 10.1. The van der Waals surface area contributed by atoms with Crippen LogP contribution < -0.4 is 9.64 Å². The van der Waals surface area contributed by atoms with Crippen LogP contribution in [-0.2, 0) is 16.1 Å². The minimum absolute atomic E-state index is 0.0737. The summed E-state index contributed by atoms with van der Waals surface area (Å²) in [5, 5.41) is 1.01. The average Bonchev–Trinajstić information content (AvgIpc) is 3.12. The van der Waals surface area contributed by atoms with E-state index in [1.165, 1.54) is 7.11 Å². The Labute approximate surface area is 185 Å². The van der Waals surface area contributed by atoms with Crippen LogP contribution in [0.3, 0.4) is 0 Å². The van der Waals surface area contributed by atoms with Crippen LogP contribution in [0.5, 0.6) is 5.75 Å². The van der Waals surface area contributed by atoms with Gasteiger partial charge in [0.2, 0.25) is 0 Å². The van der Waals surface area contributed by atoms with E-state index in [2.05, 4.69) is 11.9 Å². The smallest absolute Gasteiger partial charge is 0.337 e. The van der Waals surface area contributed by atoms with Crippen LogP contribution in [0.15, 0.2) is 42.5 Å². The lowest BCUT2D eigenvalue weighted by molar-refractivity contribution is -0.126. The maximum atomic E-state index is 13.2. The molecule has 1 amide bonds. The molecule has 31 heavy (non-hydrogen) atoms. The van der Waals surface area contributed by atoms with Gasteiger partial charge in [0.1, 0.15) is 5.75 Å². The molecule has 0 N–H and O–H groups in total. The second kappa shape index (κ2) is 8.51. The van der Waals surface area contributed by atoms with Gasteiger partial charge in [0, 0.05) is 10.4 Å². The highest BCUT2D eigenvalue weighted by Crippen LogP contribution is 2.40. The van der Waals surface area contributed by atoms with Gasteiger partial charge < -0.3 is 14.4 Å². The van der Waals surface area contributed by atoms with E-state index in [0.717, 1.165) is 32.4 Å². The van der Waals surface area contributed by atoms with Crippen molar-refractivity contribution < 1.29 is 19.1 Å². The molecule has 0 fully saturated rings. The second-order valence-electron chi connectivity index (χ2n) is 7.45. The van der Waals surface area contributed by atoms with Crippen molar-refractivity contribution in [2.24, 2.45) is 0 Å². The number of hydrogen-bond donors (Lipinski definition) is 0. The summed E-state index contributed by atoms with van der Waals surface area (Å²) in [7, 11) is 1.35. The number of anilines is 1. The largest absolute Gasteiger partial charge is 0.478 e. The molecule has 1 aromatic heterocycles. The molecule has 0 saturated heterocycles. The van der Waals surface area contributed by atoms with E-state index >= 15 is 0 Å². The van der Waals surface area contributed by atoms with Gasteiger partial charge in [-0.05, 0) is 56.2 Å². The van der Waals surface area contributed by atoms with Crippen molar-refractivity contribution in [3.8, 4) is 17.0 Å². The summed E-state index contributed by atoms with van der Waals surface area (Å²) in [5.74, 6) is 0.227. The van der Waals surface area contributed by atoms with Crippen molar-refractivity contribution >= 4 is 28.9 Å². The number of carbonyl (C=O) groups is 2. The molecule has 0 aliphatic carbocycles. The summed E-state index contributed by atoms with van der Waals surface area (Å²) < 4.78 is 10.7. The highest BCUT2D eigenvalue weighted by atomic mass is 32.1. The minimum atomic E-state index is -0.518. The van der Waals surface area contributed by atoms with Gasteiger partial charge in [-0.2, -0.15) is 0 Å². The molecule has 2 aromatic carbocycles. The van der Waals surface area contributed by atoms with E-state index < -0.39 is 6.10 Å². The number of fused-ring (bicyclic) bond motifs is 1. The van der Waals surface area contributed by atoms with Gasteiger partial charge in [0.25, 0.3) is 5.91 Å². The number of rotatable bonds is 5. The van der Waals surface area contributed by atoms with Gasteiger partial charge in [-0.3, -0.25) is 4.79 Å². The maximum absolute atomic E-state index is 13.2. The number of aryl methyl sites for hydroxylation is 2. The number of amides is 1. The summed E-state index contributed by atoms with van der Waals surface area (Å²) in [4.78, 5) is 32.4. The third-order valence-corrected chi connectivity index (χ3v) is 6.21. The number of benzene rings is 2. The second-order valence-corrected chi connectivity index (χ2v) is 8.86. The fraction of sp³-hybridized carbons (Fsp3) is 0.292. The number of ether oxygens (including phenoxy) is 2. The van der Waals surface area contributed by atoms with Gasteiger partial charge in [0.05, 0.1) is 35.6 Å². The lowest BCUT2D eigenvalue weighted by atomic mass is 10.0. The summed E-state index contributed by atoms with van der Waals surface area (Å²) >= 11 is 1.65. The minimum Gasteiger partial charge on any atom is -0.478 e. The highest BCUT2D eigenvalue weighted by molar-refractivity contribution is 7.11. The standard InChI is InChI=1S/C24H24N2O4S/c1-5-20-23(27)26(13-16-6-8-17(9-7-16)24(28)29-4)19-12-18(10-11-21(19)30-20)22-14(2)31-15(3)25-22/h6-12,20H,5,13H2,1-4H3. The number of thiazole rings is 1. The summed E-state index contributed by atoms with van der Waals surface area (Å²) in [6.07, 6.45) is 0.0679. The van der Waals surface area contributed by atoms with E-state index in [1.807, 2.05) is 44.2 Å². The molecule has 1 unspecified atom stereocenters. The first-order chi connectivity index (χ1) is 14.9. The van der Waals surface area contributed by atoms with Crippen molar-refractivity contribution in [2.75, 3.05) is 12.0 Å². The van der Waals surface area contributed by atoms with Crippen molar-refractivity contribution in [2.45, 2.75) is 39.8 Å². The Hall–Kier alpha value is -3.19. The highest BCUT2D eigenvalue weighted by Gasteiger charge is 2.33. The first kappa shape index (κ1) is 21.1. The molecule has 1 aliphatic heterocycles. The zero-order valence-corrected chi connectivity index (χ0v) is 18.8. The molecule has 7 heteroatoms. The molecule has 0 saturated carbocycles. The molecule has 1 atom stereocenters. The molecule has 6 nitrogen and oxygen atoms in total. The van der Waals surface area contributed by atoms with Crippen LogP contribution in [0.4, 0.5) is 5.69 Å². The van der Waals surface area contributed by atoms with Crippen LogP contribution in [0.2, 0.25) is 0 Å². The van der Waals surface area contributed by atoms with Crippen molar-refractivity contribution in [1.29, 1.82) is 0 Å². The first-order valence-corrected chi connectivity index (χ1v) is 11.0. The number of nitrogens with zero attached hydrogens (tertiary/aromatic N) is 2. The summed E-state index contributed by atoms with van der Waals surface area (Å²) in [5.41, 5.74) is 4.00. The topological polar surface area (TPSA) is 68.7 Å². The number of aromatic nitrogens is 1. The SMILES string of the molecule is CCC1Oc2ccc(-c3nc(C)sc3C)cc2N(Cc2ccc(C(=O)OC)cc2)C1=O. The Morgan fingerprint density at radius 1 is 1.19 bits per heavy atom. The van der Waals surface area contributed by atoms with Gasteiger partial charge >= 0.3 is 5.97 Å². The Bertz CT molecular complexity index is 1140. The fourth-order valence-electron chi connectivity index (χ4n) is 3.74. The Balaban J connectivity index is 1.71. The fourth-order valence-corrected chi connectivity index (χ4v) is 4.58. The number of carbonyl (C=O) groups excluding carboxylic acids is 2. The quantitative estimate of drug-likeness (QED) is 0.531. The van der Waals surface area contributed by atoms with E-state index in [0.29, 0.717) is 24.3 Å². The van der Waals surface area contributed by atoms with Crippen LogP contribution in [0.1, 0.15) is 39.2 Å². The van der Waals surface area contributed by atoms with Gasteiger partial charge in [-0.15, -0.1) is 11.3 Å². The summed E-state index contributed by atoms with van der Waals surface area (Å²) in [6.45, 7) is 6.36. The molecule has 4 rings (SSSR count). The van der Waals surface area contributed by atoms with E-state index in [1.54, 1.807) is 28.4 Å². The average molecular weight is 437 g/mol. The summed E-state index contributed by atoms with van der Waals surface area (Å²) in [6, 6.07) is 13.0. The molecular formula is C24H24N2O4S. The van der Waals surface area contributed by atoms with Crippen molar-refractivity contribution in [3.05, 3.63) is 63.5 Å². The van der Waals surface area contributed by atoms with Crippen LogP contribution in [0, 0.1) is 13.8 Å².